The van der Waals surface area contributed by atoms with E-state index in [1.54, 1.807) is 66.7 Å². The molecule has 6 nitrogen and oxygen atoms in total. The number of amides is 3. The summed E-state index contributed by atoms with van der Waals surface area (Å²) >= 11 is 0. The number of primary amides is 1. The van der Waals surface area contributed by atoms with Gasteiger partial charge in [-0.2, -0.15) is 0 Å². The highest BCUT2D eigenvalue weighted by molar-refractivity contribution is 6.05. The quantitative estimate of drug-likeness (QED) is 0.636. The third-order valence-corrected chi connectivity index (χ3v) is 4.09. The Hall–Kier alpha value is -3.93. The highest BCUT2D eigenvalue weighted by atomic mass is 16.2. The molecule has 0 bridgehead atoms. The molecule has 4 N–H and O–H groups in total. The van der Waals surface area contributed by atoms with Crippen molar-refractivity contribution in [3.05, 3.63) is 83.9 Å². The molecule has 0 saturated heterocycles. The first-order valence-electron chi connectivity index (χ1n) is 8.62. The number of anilines is 2. The molecule has 0 aromatic heterocycles. The molecule has 0 heterocycles. The molecule has 3 aromatic rings. The average molecular weight is 373 g/mol. The topological polar surface area (TPSA) is 101 Å². The summed E-state index contributed by atoms with van der Waals surface area (Å²) in [7, 11) is 0. The van der Waals surface area contributed by atoms with Gasteiger partial charge in [-0.25, -0.2) is 0 Å². The van der Waals surface area contributed by atoms with Crippen molar-refractivity contribution < 1.29 is 14.4 Å². The molecular weight excluding hydrogens is 354 g/mol. The van der Waals surface area contributed by atoms with Gasteiger partial charge in [0.05, 0.1) is 0 Å². The minimum absolute atomic E-state index is 0.155. The summed E-state index contributed by atoms with van der Waals surface area (Å²) in [6.07, 6.45) is 0. The van der Waals surface area contributed by atoms with Gasteiger partial charge in [-0.3, -0.25) is 14.4 Å². The number of hydrogen-bond donors (Lipinski definition) is 3. The Balaban J connectivity index is 1.75. The van der Waals surface area contributed by atoms with Crippen molar-refractivity contribution in [2.24, 2.45) is 5.73 Å². The van der Waals surface area contributed by atoms with Crippen LogP contribution in [0.15, 0.2) is 72.8 Å². The second kappa shape index (κ2) is 8.18. The van der Waals surface area contributed by atoms with Crippen molar-refractivity contribution in [3.8, 4) is 11.1 Å². The van der Waals surface area contributed by atoms with Crippen LogP contribution in [0, 0.1) is 0 Å². The Bertz CT molecular complexity index is 1030. The lowest BCUT2D eigenvalue weighted by Gasteiger charge is -2.09. The predicted octanol–water partition coefficient (Wildman–Crippen LogP) is 3.66. The summed E-state index contributed by atoms with van der Waals surface area (Å²) in [5.41, 5.74) is 9.20. The molecule has 3 aromatic carbocycles. The molecule has 0 aliphatic rings. The zero-order valence-electron chi connectivity index (χ0n) is 15.2. The summed E-state index contributed by atoms with van der Waals surface area (Å²) in [6, 6.07) is 20.9. The van der Waals surface area contributed by atoms with Crippen molar-refractivity contribution in [1.82, 2.24) is 0 Å². The molecule has 0 radical (unpaired) electrons. The lowest BCUT2D eigenvalue weighted by molar-refractivity contribution is -0.114. The van der Waals surface area contributed by atoms with Crippen LogP contribution >= 0.6 is 0 Å². The first kappa shape index (κ1) is 18.8. The minimum Gasteiger partial charge on any atom is -0.366 e. The Morgan fingerprint density at radius 1 is 0.714 bits per heavy atom. The van der Waals surface area contributed by atoms with Gasteiger partial charge in [0.2, 0.25) is 11.8 Å². The van der Waals surface area contributed by atoms with Crippen LogP contribution in [-0.4, -0.2) is 17.7 Å². The van der Waals surface area contributed by atoms with Gasteiger partial charge in [0.25, 0.3) is 5.91 Å². The maximum Gasteiger partial charge on any atom is 0.255 e. The van der Waals surface area contributed by atoms with Crippen LogP contribution in [0.3, 0.4) is 0 Å². The Morgan fingerprint density at radius 3 is 1.89 bits per heavy atom. The summed E-state index contributed by atoms with van der Waals surface area (Å²) < 4.78 is 0. The van der Waals surface area contributed by atoms with Crippen LogP contribution in [0.25, 0.3) is 11.1 Å². The normalized spacial score (nSPS) is 10.2. The average Bonchev–Trinajstić information content (AvgIpc) is 2.69. The summed E-state index contributed by atoms with van der Waals surface area (Å²) in [6.45, 7) is 1.43. The summed E-state index contributed by atoms with van der Waals surface area (Å²) in [5.74, 6) is -0.885. The van der Waals surface area contributed by atoms with Crippen LogP contribution < -0.4 is 16.4 Å². The largest absolute Gasteiger partial charge is 0.366 e. The molecule has 0 spiro atoms. The molecule has 0 saturated carbocycles. The lowest BCUT2D eigenvalue weighted by Crippen LogP contribution is -2.12. The van der Waals surface area contributed by atoms with Gasteiger partial charge in [-0.1, -0.05) is 24.3 Å². The number of carbonyl (C=O) groups excluding carboxylic acids is 3. The maximum atomic E-state index is 12.6. The molecule has 0 fully saturated rings. The zero-order chi connectivity index (χ0) is 20.1. The van der Waals surface area contributed by atoms with Gasteiger partial charge in [0.15, 0.2) is 0 Å². The van der Waals surface area contributed by atoms with Crippen molar-refractivity contribution in [3.63, 3.8) is 0 Å². The van der Waals surface area contributed by atoms with E-state index in [1.807, 2.05) is 6.07 Å². The van der Waals surface area contributed by atoms with E-state index in [1.165, 1.54) is 6.92 Å². The SMILES string of the molecule is CC(=O)Nc1ccc(NC(=O)c2cccc(-c3ccc(C(N)=O)cc3)c2)cc1. The third kappa shape index (κ3) is 4.62. The van der Waals surface area contributed by atoms with Gasteiger partial charge in [0, 0.05) is 29.4 Å². The van der Waals surface area contributed by atoms with Gasteiger partial charge in [-0.05, 0) is 59.7 Å². The highest BCUT2D eigenvalue weighted by Crippen LogP contribution is 2.22. The van der Waals surface area contributed by atoms with Gasteiger partial charge >= 0.3 is 0 Å². The van der Waals surface area contributed by atoms with Crippen LogP contribution in [-0.2, 0) is 4.79 Å². The number of rotatable bonds is 5. The fourth-order valence-electron chi connectivity index (χ4n) is 2.71. The molecule has 6 heteroatoms. The van der Waals surface area contributed by atoms with Crippen LogP contribution in [0.5, 0.6) is 0 Å². The van der Waals surface area contributed by atoms with E-state index in [-0.39, 0.29) is 11.8 Å². The molecule has 0 aliphatic heterocycles. The lowest BCUT2D eigenvalue weighted by atomic mass is 10.0. The number of hydrogen-bond acceptors (Lipinski definition) is 3. The van der Waals surface area contributed by atoms with E-state index in [0.29, 0.717) is 22.5 Å². The van der Waals surface area contributed by atoms with E-state index >= 15 is 0 Å². The van der Waals surface area contributed by atoms with Gasteiger partial charge in [0.1, 0.15) is 0 Å². The molecule has 28 heavy (non-hydrogen) atoms. The number of carbonyl (C=O) groups is 3. The predicted molar refractivity (Wildman–Crippen MR) is 109 cm³/mol. The number of benzene rings is 3. The van der Waals surface area contributed by atoms with E-state index in [2.05, 4.69) is 10.6 Å². The molecule has 3 amide bonds. The second-order valence-electron chi connectivity index (χ2n) is 6.24. The Kier molecular flexibility index (Phi) is 5.50. The minimum atomic E-state index is -0.482. The van der Waals surface area contributed by atoms with E-state index < -0.39 is 5.91 Å². The third-order valence-electron chi connectivity index (χ3n) is 4.09. The first-order valence-corrected chi connectivity index (χ1v) is 8.62. The fourth-order valence-corrected chi connectivity index (χ4v) is 2.71. The molecule has 0 atom stereocenters. The van der Waals surface area contributed by atoms with E-state index in [0.717, 1.165) is 11.1 Å². The number of nitrogens with one attached hydrogen (secondary N) is 2. The molecule has 140 valence electrons. The molecule has 3 rings (SSSR count). The van der Waals surface area contributed by atoms with E-state index in [9.17, 15) is 14.4 Å². The van der Waals surface area contributed by atoms with Crippen molar-refractivity contribution in [2.45, 2.75) is 6.92 Å². The smallest absolute Gasteiger partial charge is 0.255 e. The number of nitrogens with two attached hydrogens (primary N) is 1. The first-order chi connectivity index (χ1) is 13.4. The Morgan fingerprint density at radius 2 is 1.32 bits per heavy atom. The zero-order valence-corrected chi connectivity index (χ0v) is 15.2. The molecule has 0 unspecified atom stereocenters. The van der Waals surface area contributed by atoms with Gasteiger partial charge in [-0.15, -0.1) is 0 Å². The van der Waals surface area contributed by atoms with Crippen LogP contribution in [0.2, 0.25) is 0 Å². The van der Waals surface area contributed by atoms with Crippen molar-refractivity contribution >= 4 is 29.1 Å². The van der Waals surface area contributed by atoms with E-state index in [4.69, 9.17) is 5.73 Å². The standard InChI is InChI=1S/C22H19N3O3/c1-14(26)24-19-9-11-20(12-10-19)25-22(28)18-4-2-3-17(13-18)15-5-7-16(8-6-15)21(23)27/h2-13H,1H3,(H2,23,27)(H,24,26)(H,25,28). The van der Waals surface area contributed by atoms with Crippen molar-refractivity contribution in [1.29, 1.82) is 0 Å². The molecular formula is C22H19N3O3. The van der Waals surface area contributed by atoms with Crippen molar-refractivity contribution in [2.75, 3.05) is 10.6 Å². The van der Waals surface area contributed by atoms with Gasteiger partial charge < -0.3 is 16.4 Å². The fraction of sp³-hybridized carbons (Fsp3) is 0.0455. The van der Waals surface area contributed by atoms with Crippen LogP contribution in [0.4, 0.5) is 11.4 Å². The monoisotopic (exact) mass is 373 g/mol. The maximum absolute atomic E-state index is 12.6. The highest BCUT2D eigenvalue weighted by Gasteiger charge is 2.09. The summed E-state index contributed by atoms with van der Waals surface area (Å²) in [4.78, 5) is 34.8. The Labute approximate surface area is 162 Å². The second-order valence-corrected chi connectivity index (χ2v) is 6.24. The van der Waals surface area contributed by atoms with Crippen LogP contribution in [0.1, 0.15) is 27.6 Å². The molecule has 0 aliphatic carbocycles. The summed E-state index contributed by atoms with van der Waals surface area (Å²) in [5, 5.41) is 5.50.